The van der Waals surface area contributed by atoms with Crippen LogP contribution in [0.2, 0.25) is 0 Å². The number of carboxylic acids is 1. The van der Waals surface area contributed by atoms with Crippen molar-refractivity contribution in [1.29, 1.82) is 0 Å². The third kappa shape index (κ3) is 17.7. The maximum atomic E-state index is 10.6. The molecule has 1 aromatic carbocycles. The van der Waals surface area contributed by atoms with Gasteiger partial charge in [0.2, 0.25) is 0 Å². The summed E-state index contributed by atoms with van der Waals surface area (Å²) >= 11 is 0. The van der Waals surface area contributed by atoms with E-state index in [2.05, 4.69) is 46.3 Å². The Kier molecular flexibility index (Phi) is 16.4. The van der Waals surface area contributed by atoms with E-state index in [0.717, 1.165) is 52.2 Å². The highest BCUT2D eigenvalue weighted by molar-refractivity contribution is 5.73. The zero-order chi connectivity index (χ0) is 21.1. The summed E-state index contributed by atoms with van der Waals surface area (Å²) in [5, 5.41) is 17.5. The van der Waals surface area contributed by atoms with Gasteiger partial charge < -0.3 is 26.8 Å². The van der Waals surface area contributed by atoms with E-state index in [-0.39, 0.29) is 0 Å². The molecule has 0 aliphatic rings. The molecule has 0 amide bonds. The summed E-state index contributed by atoms with van der Waals surface area (Å²) in [6.07, 6.45) is -0.341. The fourth-order valence-corrected chi connectivity index (χ4v) is 2.14. The first-order chi connectivity index (χ1) is 13.4. The highest BCUT2D eigenvalue weighted by Crippen LogP contribution is 2.13. The first-order valence-electron chi connectivity index (χ1n) is 9.54. The molecule has 0 aliphatic heterocycles. The summed E-state index contributed by atoms with van der Waals surface area (Å²) in [5.74, 6) is -2.76. The standard InChI is InChI=1S/C17H32N4.C2HF3O2/c18-10-6-13-19-11-4-5-12-20-14-7-15-21-16-17-8-2-1-3-9-17;3-2(4,5)1(6)7/h1-3,8-9,19-21H,4-7,10-16,18H2;(H,6,7). The molecule has 0 fully saturated rings. The van der Waals surface area contributed by atoms with Crippen molar-refractivity contribution in [2.75, 3.05) is 39.3 Å². The number of alkyl halides is 3. The molecule has 6 nitrogen and oxygen atoms in total. The van der Waals surface area contributed by atoms with Crippen LogP contribution < -0.4 is 21.7 Å². The zero-order valence-electron chi connectivity index (χ0n) is 16.2. The molecule has 9 heteroatoms. The van der Waals surface area contributed by atoms with Crippen molar-refractivity contribution in [2.45, 2.75) is 38.4 Å². The maximum Gasteiger partial charge on any atom is 0.490 e. The predicted octanol–water partition coefficient (Wildman–Crippen LogP) is 2.11. The Balaban J connectivity index is 0.000000887. The second-order valence-corrected chi connectivity index (χ2v) is 6.17. The van der Waals surface area contributed by atoms with Gasteiger partial charge >= 0.3 is 12.1 Å². The topological polar surface area (TPSA) is 99.4 Å². The first-order valence-corrected chi connectivity index (χ1v) is 9.54. The number of carboxylic acid groups (broad SMARTS) is 1. The normalized spacial score (nSPS) is 11.0. The SMILES string of the molecule is NCCCNCCCCNCCCNCc1ccccc1.O=C(O)C(F)(F)F. The van der Waals surface area contributed by atoms with E-state index in [4.69, 9.17) is 15.6 Å². The summed E-state index contributed by atoms with van der Waals surface area (Å²) in [7, 11) is 0. The van der Waals surface area contributed by atoms with Crippen molar-refractivity contribution in [1.82, 2.24) is 16.0 Å². The van der Waals surface area contributed by atoms with Gasteiger partial charge in [0.25, 0.3) is 0 Å². The lowest BCUT2D eigenvalue weighted by molar-refractivity contribution is -0.192. The van der Waals surface area contributed by atoms with Gasteiger partial charge in [-0.3, -0.25) is 0 Å². The van der Waals surface area contributed by atoms with Crippen LogP contribution in [0.4, 0.5) is 13.2 Å². The predicted molar refractivity (Wildman–Crippen MR) is 105 cm³/mol. The molecule has 0 unspecified atom stereocenters. The summed E-state index contributed by atoms with van der Waals surface area (Å²) < 4.78 is 31.7. The maximum absolute atomic E-state index is 10.6. The first kappa shape index (κ1) is 26.3. The molecule has 0 atom stereocenters. The second kappa shape index (κ2) is 17.4. The largest absolute Gasteiger partial charge is 0.490 e. The molecule has 28 heavy (non-hydrogen) atoms. The van der Waals surface area contributed by atoms with E-state index in [1.54, 1.807) is 0 Å². The summed E-state index contributed by atoms with van der Waals surface area (Å²) in [6.45, 7) is 7.21. The van der Waals surface area contributed by atoms with Crippen LogP contribution in [0.1, 0.15) is 31.2 Å². The van der Waals surface area contributed by atoms with Crippen molar-refractivity contribution in [3.63, 3.8) is 0 Å². The van der Waals surface area contributed by atoms with Crippen LogP contribution in [-0.2, 0) is 11.3 Å². The lowest BCUT2D eigenvalue weighted by Crippen LogP contribution is -2.24. The minimum atomic E-state index is -5.08. The van der Waals surface area contributed by atoms with E-state index in [9.17, 15) is 13.2 Å². The van der Waals surface area contributed by atoms with Crippen LogP contribution >= 0.6 is 0 Å². The smallest absolute Gasteiger partial charge is 0.475 e. The molecule has 1 rings (SSSR count). The number of unbranched alkanes of at least 4 members (excludes halogenated alkanes) is 1. The molecule has 6 N–H and O–H groups in total. The van der Waals surface area contributed by atoms with Crippen LogP contribution in [0.5, 0.6) is 0 Å². The number of hydrogen-bond donors (Lipinski definition) is 5. The van der Waals surface area contributed by atoms with E-state index in [1.165, 1.54) is 24.8 Å². The summed E-state index contributed by atoms with van der Waals surface area (Å²) in [6, 6.07) is 10.5. The molecule has 162 valence electrons. The number of halogens is 3. The number of nitrogens with two attached hydrogens (primary N) is 1. The molecule has 0 aliphatic carbocycles. The molecule has 1 aromatic rings. The Morgan fingerprint density at radius 3 is 1.82 bits per heavy atom. The van der Waals surface area contributed by atoms with Gasteiger partial charge in [0, 0.05) is 6.54 Å². The van der Waals surface area contributed by atoms with E-state index >= 15 is 0 Å². The average molecular weight is 406 g/mol. The van der Waals surface area contributed by atoms with Crippen LogP contribution in [0.25, 0.3) is 0 Å². The van der Waals surface area contributed by atoms with E-state index in [0.29, 0.717) is 0 Å². The minimum absolute atomic E-state index is 0.785. The van der Waals surface area contributed by atoms with Gasteiger partial charge in [0.05, 0.1) is 0 Å². The lowest BCUT2D eigenvalue weighted by atomic mass is 10.2. The number of aliphatic carboxylic acids is 1. The third-order valence-corrected chi connectivity index (χ3v) is 3.64. The van der Waals surface area contributed by atoms with E-state index in [1.807, 2.05) is 0 Å². The Hall–Kier alpha value is -1.68. The van der Waals surface area contributed by atoms with Crippen LogP contribution in [-0.4, -0.2) is 56.5 Å². The number of carbonyl (C=O) groups is 1. The summed E-state index contributed by atoms with van der Waals surface area (Å²) in [4.78, 5) is 8.90. The van der Waals surface area contributed by atoms with Crippen molar-refractivity contribution >= 4 is 5.97 Å². The van der Waals surface area contributed by atoms with Gasteiger partial charge in [-0.2, -0.15) is 13.2 Å². The van der Waals surface area contributed by atoms with Crippen LogP contribution in [0.15, 0.2) is 30.3 Å². The second-order valence-electron chi connectivity index (χ2n) is 6.17. The third-order valence-electron chi connectivity index (χ3n) is 3.64. The number of benzene rings is 1. The van der Waals surface area contributed by atoms with E-state index < -0.39 is 12.1 Å². The van der Waals surface area contributed by atoms with Gasteiger partial charge in [-0.05, 0) is 70.5 Å². The van der Waals surface area contributed by atoms with Crippen molar-refractivity contribution in [3.8, 4) is 0 Å². The molecule has 0 saturated heterocycles. The minimum Gasteiger partial charge on any atom is -0.475 e. The molecule has 0 saturated carbocycles. The number of rotatable bonds is 14. The van der Waals surface area contributed by atoms with Gasteiger partial charge in [-0.1, -0.05) is 30.3 Å². The zero-order valence-corrected chi connectivity index (χ0v) is 16.2. The Morgan fingerprint density at radius 2 is 1.32 bits per heavy atom. The van der Waals surface area contributed by atoms with Gasteiger partial charge in [0.15, 0.2) is 0 Å². The fraction of sp³-hybridized carbons (Fsp3) is 0.632. The average Bonchev–Trinajstić information content (AvgIpc) is 2.66. The molecule has 0 spiro atoms. The van der Waals surface area contributed by atoms with Crippen molar-refractivity contribution in [2.24, 2.45) is 5.73 Å². The molecule has 0 aromatic heterocycles. The van der Waals surface area contributed by atoms with Crippen LogP contribution in [0.3, 0.4) is 0 Å². The van der Waals surface area contributed by atoms with Gasteiger partial charge in [0.1, 0.15) is 0 Å². The highest BCUT2D eigenvalue weighted by Gasteiger charge is 2.38. The Morgan fingerprint density at radius 1 is 0.857 bits per heavy atom. The Labute approximate surface area is 165 Å². The Bertz CT molecular complexity index is 488. The highest BCUT2D eigenvalue weighted by atomic mass is 19.4. The van der Waals surface area contributed by atoms with Crippen molar-refractivity contribution < 1.29 is 23.1 Å². The van der Waals surface area contributed by atoms with Gasteiger partial charge in [-0.15, -0.1) is 0 Å². The molecule has 0 radical (unpaired) electrons. The van der Waals surface area contributed by atoms with Gasteiger partial charge in [-0.25, -0.2) is 4.79 Å². The lowest BCUT2D eigenvalue weighted by Gasteiger charge is -2.07. The number of nitrogens with one attached hydrogen (secondary N) is 3. The molecule has 0 bridgehead atoms. The molecular formula is C19H33F3N4O2. The number of hydrogen-bond acceptors (Lipinski definition) is 5. The monoisotopic (exact) mass is 406 g/mol. The summed E-state index contributed by atoms with van der Waals surface area (Å²) in [5.41, 5.74) is 6.79. The fourth-order valence-electron chi connectivity index (χ4n) is 2.14. The van der Waals surface area contributed by atoms with Crippen molar-refractivity contribution in [3.05, 3.63) is 35.9 Å². The molecule has 0 heterocycles. The quantitative estimate of drug-likeness (QED) is 0.304. The van der Waals surface area contributed by atoms with Crippen LogP contribution in [0, 0.1) is 0 Å². The molecular weight excluding hydrogens is 373 g/mol.